The van der Waals surface area contributed by atoms with Crippen molar-refractivity contribution in [3.05, 3.63) is 54.1 Å². The third kappa shape index (κ3) is 4.25. The monoisotopic (exact) mass is 429 g/mol. The summed E-state index contributed by atoms with van der Waals surface area (Å²) in [6.45, 7) is 0.715. The Bertz CT molecular complexity index is 1090. The van der Waals surface area contributed by atoms with E-state index in [2.05, 4.69) is 15.0 Å². The van der Waals surface area contributed by atoms with Gasteiger partial charge in [0.25, 0.3) is 0 Å². The Hall–Kier alpha value is -3.00. The van der Waals surface area contributed by atoms with E-state index in [1.807, 2.05) is 17.6 Å². The highest BCUT2D eigenvalue weighted by Gasteiger charge is 2.37. The fourth-order valence-electron chi connectivity index (χ4n) is 4.15. The maximum absolute atomic E-state index is 12.8. The fourth-order valence-corrected chi connectivity index (χ4v) is 4.15. The standard InChI is InChI=1S/C23H25F2N3O3/c1-22(11-6-12-22)28-18-13-16(31-20(24)25)9-10-17(18)26-21(28)27-19(29)14-23(2,30)15-7-4-3-5-8-15/h3-5,7-10,13,20,30H,6,11-12,14H2,1-2H3,(H,26,27,29)/t23-/m0/s1. The van der Waals surface area contributed by atoms with E-state index in [-0.39, 0.29) is 17.7 Å². The zero-order valence-electron chi connectivity index (χ0n) is 17.4. The first kappa shape index (κ1) is 21.2. The number of halogens is 2. The van der Waals surface area contributed by atoms with Gasteiger partial charge < -0.3 is 14.4 Å². The number of carbonyl (C=O) groups is 1. The van der Waals surface area contributed by atoms with Crippen molar-refractivity contribution in [1.82, 2.24) is 9.55 Å². The highest BCUT2D eigenvalue weighted by atomic mass is 19.3. The van der Waals surface area contributed by atoms with E-state index in [1.165, 1.54) is 12.1 Å². The minimum atomic E-state index is -2.92. The maximum atomic E-state index is 12.8. The molecule has 1 aliphatic carbocycles. The summed E-state index contributed by atoms with van der Waals surface area (Å²) < 4.78 is 31.8. The average molecular weight is 429 g/mol. The third-order valence-corrected chi connectivity index (χ3v) is 5.97. The van der Waals surface area contributed by atoms with Crippen molar-refractivity contribution in [2.45, 2.75) is 57.3 Å². The number of fused-ring (bicyclic) bond motifs is 1. The van der Waals surface area contributed by atoms with E-state index in [0.29, 0.717) is 22.5 Å². The van der Waals surface area contributed by atoms with Crippen LogP contribution in [0, 0.1) is 0 Å². The Kier molecular flexibility index (Phi) is 5.43. The molecule has 1 fully saturated rings. The number of ether oxygens (including phenoxy) is 1. The van der Waals surface area contributed by atoms with Crippen molar-refractivity contribution in [2.24, 2.45) is 0 Å². The predicted molar refractivity (Wildman–Crippen MR) is 113 cm³/mol. The number of rotatable bonds is 7. The number of benzene rings is 2. The van der Waals surface area contributed by atoms with Gasteiger partial charge in [-0.25, -0.2) is 4.98 Å². The molecule has 1 heterocycles. The number of nitrogens with zero attached hydrogens (tertiary/aromatic N) is 2. The van der Waals surface area contributed by atoms with Crippen LogP contribution in [-0.4, -0.2) is 27.2 Å². The van der Waals surface area contributed by atoms with Crippen LogP contribution < -0.4 is 10.1 Å². The van der Waals surface area contributed by atoms with E-state index in [4.69, 9.17) is 0 Å². The summed E-state index contributed by atoms with van der Waals surface area (Å²) in [6, 6.07) is 13.5. The first-order valence-corrected chi connectivity index (χ1v) is 10.2. The van der Waals surface area contributed by atoms with E-state index in [9.17, 15) is 18.7 Å². The topological polar surface area (TPSA) is 76.4 Å². The molecule has 2 aromatic carbocycles. The van der Waals surface area contributed by atoms with Gasteiger partial charge in [-0.05, 0) is 50.8 Å². The second-order valence-corrected chi connectivity index (χ2v) is 8.52. The van der Waals surface area contributed by atoms with Gasteiger partial charge >= 0.3 is 6.61 Å². The number of carbonyl (C=O) groups excluding carboxylic acids is 1. The SMILES string of the molecule is CC1(n2c(NC(=O)C[C@](C)(O)c3ccccc3)nc3ccc(OC(F)F)cc32)CCC1. The van der Waals surface area contributed by atoms with Crippen molar-refractivity contribution in [3.63, 3.8) is 0 Å². The van der Waals surface area contributed by atoms with Crippen LogP contribution in [0.25, 0.3) is 11.0 Å². The Morgan fingerprint density at radius 2 is 2.00 bits per heavy atom. The normalized spacial score (nSPS) is 17.2. The third-order valence-electron chi connectivity index (χ3n) is 5.97. The molecule has 0 unspecified atom stereocenters. The summed E-state index contributed by atoms with van der Waals surface area (Å²) in [4.78, 5) is 17.4. The summed E-state index contributed by atoms with van der Waals surface area (Å²) in [5, 5.41) is 13.6. The largest absolute Gasteiger partial charge is 0.435 e. The smallest absolute Gasteiger partial charge is 0.387 e. The molecular formula is C23H25F2N3O3. The second kappa shape index (κ2) is 7.92. The number of aromatic nitrogens is 2. The van der Waals surface area contributed by atoms with Gasteiger partial charge in [-0.15, -0.1) is 0 Å². The Morgan fingerprint density at radius 1 is 1.29 bits per heavy atom. The molecule has 0 bridgehead atoms. The van der Waals surface area contributed by atoms with Crippen molar-refractivity contribution in [2.75, 3.05) is 5.32 Å². The molecule has 0 spiro atoms. The first-order chi connectivity index (χ1) is 14.7. The molecule has 0 aliphatic heterocycles. The first-order valence-electron chi connectivity index (χ1n) is 10.2. The van der Waals surface area contributed by atoms with E-state index in [1.54, 1.807) is 37.3 Å². The zero-order chi connectivity index (χ0) is 22.2. The maximum Gasteiger partial charge on any atom is 0.387 e. The van der Waals surface area contributed by atoms with Crippen LogP contribution in [0.2, 0.25) is 0 Å². The molecule has 2 N–H and O–H groups in total. The summed E-state index contributed by atoms with van der Waals surface area (Å²) in [5.41, 5.74) is 0.188. The minimum Gasteiger partial charge on any atom is -0.435 e. The molecule has 3 aromatic rings. The Morgan fingerprint density at radius 3 is 2.61 bits per heavy atom. The van der Waals surface area contributed by atoms with Crippen molar-refractivity contribution in [3.8, 4) is 5.75 Å². The molecular weight excluding hydrogens is 404 g/mol. The van der Waals surface area contributed by atoms with Crippen LogP contribution in [0.1, 0.15) is 45.1 Å². The van der Waals surface area contributed by atoms with Crippen molar-refractivity contribution in [1.29, 1.82) is 0 Å². The summed E-state index contributed by atoms with van der Waals surface area (Å²) >= 11 is 0. The van der Waals surface area contributed by atoms with E-state index >= 15 is 0 Å². The zero-order valence-corrected chi connectivity index (χ0v) is 17.4. The summed E-state index contributed by atoms with van der Waals surface area (Å²) in [7, 11) is 0. The fraction of sp³-hybridized carbons (Fsp3) is 0.391. The summed E-state index contributed by atoms with van der Waals surface area (Å²) in [5.74, 6) is -0.0193. The summed E-state index contributed by atoms with van der Waals surface area (Å²) in [6.07, 6.45) is 2.63. The van der Waals surface area contributed by atoms with Crippen LogP contribution in [0.3, 0.4) is 0 Å². The number of imidazole rings is 1. The molecule has 164 valence electrons. The molecule has 0 saturated heterocycles. The molecule has 1 atom stereocenters. The van der Waals surface area contributed by atoms with Gasteiger partial charge in [0.1, 0.15) is 5.75 Å². The average Bonchev–Trinajstić information content (AvgIpc) is 3.03. The number of anilines is 1. The molecule has 1 aromatic heterocycles. The van der Waals surface area contributed by atoms with Crippen molar-refractivity contribution >= 4 is 22.9 Å². The van der Waals surface area contributed by atoms with E-state index in [0.717, 1.165) is 19.3 Å². The molecule has 0 radical (unpaired) electrons. The van der Waals surface area contributed by atoms with Crippen molar-refractivity contribution < 1.29 is 23.4 Å². The highest BCUT2D eigenvalue weighted by molar-refractivity contribution is 5.92. The molecule has 31 heavy (non-hydrogen) atoms. The minimum absolute atomic E-state index is 0.0384. The second-order valence-electron chi connectivity index (χ2n) is 8.52. The van der Waals surface area contributed by atoms with Gasteiger partial charge in [0.05, 0.1) is 23.1 Å². The number of alkyl halides is 2. The molecule has 1 amide bonds. The van der Waals surface area contributed by atoms with Crippen LogP contribution in [0.5, 0.6) is 5.75 Å². The van der Waals surface area contributed by atoms with Crippen LogP contribution in [0.15, 0.2) is 48.5 Å². The lowest BCUT2D eigenvalue weighted by Crippen LogP contribution is -2.38. The van der Waals surface area contributed by atoms with Gasteiger partial charge in [0, 0.05) is 11.6 Å². The number of nitrogens with one attached hydrogen (secondary N) is 1. The number of aliphatic hydroxyl groups is 1. The lowest BCUT2D eigenvalue weighted by Gasteiger charge is -2.41. The molecule has 1 saturated carbocycles. The quantitative estimate of drug-likeness (QED) is 0.567. The van der Waals surface area contributed by atoms with Gasteiger partial charge in [0.15, 0.2) is 0 Å². The predicted octanol–water partition coefficient (Wildman–Crippen LogP) is 4.77. The van der Waals surface area contributed by atoms with Gasteiger partial charge in [-0.1, -0.05) is 30.3 Å². The van der Waals surface area contributed by atoms with Crippen LogP contribution in [-0.2, 0) is 15.9 Å². The molecule has 1 aliphatic rings. The van der Waals surface area contributed by atoms with Crippen LogP contribution in [0.4, 0.5) is 14.7 Å². The van der Waals surface area contributed by atoms with E-state index < -0.39 is 18.1 Å². The van der Waals surface area contributed by atoms with Gasteiger partial charge in [-0.3, -0.25) is 10.1 Å². The number of hydrogen-bond acceptors (Lipinski definition) is 4. The number of amides is 1. The van der Waals surface area contributed by atoms with Crippen LogP contribution >= 0.6 is 0 Å². The lowest BCUT2D eigenvalue weighted by molar-refractivity contribution is -0.120. The Labute approximate surface area is 178 Å². The van der Waals surface area contributed by atoms with Gasteiger partial charge in [0.2, 0.25) is 11.9 Å². The number of hydrogen-bond donors (Lipinski definition) is 2. The molecule has 8 heteroatoms. The highest BCUT2D eigenvalue weighted by Crippen LogP contribution is 2.43. The van der Waals surface area contributed by atoms with Gasteiger partial charge in [-0.2, -0.15) is 8.78 Å². The molecule has 4 rings (SSSR count). The molecule has 6 nitrogen and oxygen atoms in total. The Balaban J connectivity index is 1.65. The lowest BCUT2D eigenvalue weighted by atomic mass is 9.78.